The van der Waals surface area contributed by atoms with Crippen LogP contribution in [0.2, 0.25) is 0 Å². The van der Waals surface area contributed by atoms with Crippen molar-refractivity contribution in [3.05, 3.63) is 12.3 Å². The number of rotatable bonds is 5. The second-order valence-corrected chi connectivity index (χ2v) is 5.07. The van der Waals surface area contributed by atoms with E-state index in [2.05, 4.69) is 14.2 Å². The first kappa shape index (κ1) is 17.7. The van der Waals surface area contributed by atoms with Gasteiger partial charge in [-0.25, -0.2) is 4.74 Å². The highest BCUT2D eigenvalue weighted by Gasteiger charge is 2.74. The molecule has 1 aliphatic rings. The van der Waals surface area contributed by atoms with Gasteiger partial charge >= 0.3 is 39.5 Å². The van der Waals surface area contributed by atoms with E-state index in [1.165, 1.54) is 0 Å². The molecule has 0 spiro atoms. The Morgan fingerprint density at radius 2 is 1.67 bits per heavy atom. The Morgan fingerprint density at radius 1 is 1.19 bits per heavy atom. The third-order valence-corrected chi connectivity index (χ3v) is 2.95. The average molecular weight is 352 g/mol. The van der Waals surface area contributed by atoms with Crippen molar-refractivity contribution in [1.82, 2.24) is 0 Å². The number of hydrogen-bond donors (Lipinski definition) is 0. The Labute approximate surface area is 111 Å². The fourth-order valence-electron chi connectivity index (χ4n) is 0.976. The zero-order valence-corrected chi connectivity index (χ0v) is 10.4. The maximum absolute atomic E-state index is 13.3. The Morgan fingerprint density at radius 3 is 2.00 bits per heavy atom. The van der Waals surface area contributed by atoms with Gasteiger partial charge in [-0.05, 0) is 0 Å². The van der Waals surface area contributed by atoms with Crippen LogP contribution in [0.4, 0.5) is 34.6 Å². The zero-order chi connectivity index (χ0) is 16.9. The summed E-state index contributed by atoms with van der Waals surface area (Å²) in [6.45, 7) is 0.119. The van der Waals surface area contributed by atoms with Gasteiger partial charge in [0.25, 0.3) is 0 Å². The maximum atomic E-state index is 13.3. The SMILES string of the molecule is CC1(C(F)(F)OC(F)(F)C(F)(F)S(=O)(=O)F)OC=C(F)O1. The summed E-state index contributed by atoms with van der Waals surface area (Å²) in [6.07, 6.45) is -12.1. The predicted octanol–water partition coefficient (Wildman–Crippen LogP) is 2.61. The number of halogens is 8. The lowest BCUT2D eigenvalue weighted by molar-refractivity contribution is -0.471. The van der Waals surface area contributed by atoms with E-state index in [4.69, 9.17) is 0 Å². The summed E-state index contributed by atoms with van der Waals surface area (Å²) in [6, 6.07) is -1.83. The van der Waals surface area contributed by atoms with Gasteiger partial charge in [0.1, 0.15) is 0 Å². The van der Waals surface area contributed by atoms with Gasteiger partial charge in [-0.1, -0.05) is 3.89 Å². The lowest BCUT2D eigenvalue weighted by Gasteiger charge is -2.34. The average Bonchev–Trinajstić information content (AvgIpc) is 2.56. The molecule has 1 aliphatic heterocycles. The molecule has 0 aromatic carbocycles. The smallest absolute Gasteiger partial charge is 0.446 e. The van der Waals surface area contributed by atoms with Crippen LogP contribution in [-0.2, 0) is 24.4 Å². The van der Waals surface area contributed by atoms with Crippen molar-refractivity contribution in [1.29, 1.82) is 0 Å². The van der Waals surface area contributed by atoms with Crippen molar-refractivity contribution in [2.24, 2.45) is 0 Å². The van der Waals surface area contributed by atoms with Crippen LogP contribution >= 0.6 is 0 Å². The highest BCUT2D eigenvalue weighted by atomic mass is 32.3. The lowest BCUT2D eigenvalue weighted by Crippen LogP contribution is -2.57. The molecular formula is C7H4F8O5S. The van der Waals surface area contributed by atoms with Crippen LogP contribution in [0.15, 0.2) is 12.3 Å². The van der Waals surface area contributed by atoms with Gasteiger partial charge in [0.2, 0.25) is 0 Å². The van der Waals surface area contributed by atoms with Crippen molar-refractivity contribution in [3.8, 4) is 0 Å². The summed E-state index contributed by atoms with van der Waals surface area (Å²) in [4.78, 5) is 0. The Hall–Kier alpha value is -1.31. The summed E-state index contributed by atoms with van der Waals surface area (Å²) >= 11 is 0. The van der Waals surface area contributed by atoms with E-state index in [1.54, 1.807) is 0 Å². The third kappa shape index (κ3) is 2.86. The first-order chi connectivity index (χ1) is 9.06. The topological polar surface area (TPSA) is 61.8 Å². The molecule has 0 radical (unpaired) electrons. The van der Waals surface area contributed by atoms with E-state index in [9.17, 15) is 43.0 Å². The van der Waals surface area contributed by atoms with Crippen LogP contribution in [0.3, 0.4) is 0 Å². The van der Waals surface area contributed by atoms with Crippen LogP contribution in [0.5, 0.6) is 0 Å². The van der Waals surface area contributed by atoms with E-state index in [0.29, 0.717) is 0 Å². The van der Waals surface area contributed by atoms with Crippen LogP contribution in [0, 0.1) is 0 Å². The largest absolute Gasteiger partial charge is 0.464 e. The Kier molecular flexibility index (Phi) is 3.88. The van der Waals surface area contributed by atoms with Crippen LogP contribution in [0.25, 0.3) is 0 Å². The van der Waals surface area contributed by atoms with Gasteiger partial charge in [-0.3, -0.25) is 0 Å². The van der Waals surface area contributed by atoms with Gasteiger partial charge in [-0.2, -0.15) is 39.2 Å². The molecule has 0 aromatic rings. The molecule has 0 saturated heterocycles. The molecule has 0 fully saturated rings. The molecule has 0 aliphatic carbocycles. The third-order valence-electron chi connectivity index (χ3n) is 2.10. The second kappa shape index (κ2) is 4.59. The van der Waals surface area contributed by atoms with Gasteiger partial charge in [0, 0.05) is 6.92 Å². The van der Waals surface area contributed by atoms with E-state index in [0.717, 1.165) is 0 Å². The molecule has 0 N–H and O–H groups in total. The van der Waals surface area contributed by atoms with E-state index in [-0.39, 0.29) is 13.2 Å². The Balaban J connectivity index is 3.09. The lowest BCUT2D eigenvalue weighted by atomic mass is 10.3. The monoisotopic (exact) mass is 352 g/mol. The predicted molar refractivity (Wildman–Crippen MR) is 45.7 cm³/mol. The van der Waals surface area contributed by atoms with Crippen LogP contribution in [-0.4, -0.2) is 31.7 Å². The van der Waals surface area contributed by atoms with Crippen LogP contribution < -0.4 is 0 Å². The minimum atomic E-state index is -7.30. The summed E-state index contributed by atoms with van der Waals surface area (Å²) in [5.41, 5.74) is 0. The zero-order valence-electron chi connectivity index (χ0n) is 9.55. The summed E-state index contributed by atoms with van der Waals surface area (Å²) in [5, 5.41) is -6.63. The summed E-state index contributed by atoms with van der Waals surface area (Å²) < 4.78 is 131. The molecule has 1 heterocycles. The van der Waals surface area contributed by atoms with Crippen molar-refractivity contribution >= 4 is 10.2 Å². The number of hydrogen-bond acceptors (Lipinski definition) is 5. The molecule has 21 heavy (non-hydrogen) atoms. The Bertz CT molecular complexity index is 557. The van der Waals surface area contributed by atoms with E-state index < -0.39 is 39.5 Å². The first-order valence-electron chi connectivity index (χ1n) is 4.56. The molecule has 1 atom stereocenters. The molecule has 1 rings (SSSR count). The fourth-order valence-corrected chi connectivity index (χ4v) is 1.30. The highest BCUT2D eigenvalue weighted by molar-refractivity contribution is 7.87. The molecule has 124 valence electrons. The first-order valence-corrected chi connectivity index (χ1v) is 5.94. The maximum Gasteiger partial charge on any atom is 0.464 e. The van der Waals surface area contributed by atoms with Crippen molar-refractivity contribution < 1.29 is 57.2 Å². The van der Waals surface area contributed by atoms with Gasteiger partial charge in [0.05, 0.1) is 0 Å². The van der Waals surface area contributed by atoms with E-state index >= 15 is 0 Å². The van der Waals surface area contributed by atoms with Crippen molar-refractivity contribution in [2.75, 3.05) is 0 Å². The molecule has 0 bridgehead atoms. The van der Waals surface area contributed by atoms with Gasteiger partial charge in [0.15, 0.2) is 6.26 Å². The summed E-state index contributed by atoms with van der Waals surface area (Å²) in [7, 11) is -7.30. The molecular weight excluding hydrogens is 348 g/mol. The highest BCUT2D eigenvalue weighted by Crippen LogP contribution is 2.48. The second-order valence-electron chi connectivity index (χ2n) is 3.68. The standard InChI is InChI=1S/C7H4F8O5S/c1-4(18-2-3(8)19-4)5(9,10)20-6(11,12)7(13,14)21(15,16)17/h2H,1H3. The quantitative estimate of drug-likeness (QED) is 0.562. The minimum Gasteiger partial charge on any atom is -0.446 e. The number of ether oxygens (including phenoxy) is 3. The van der Waals surface area contributed by atoms with E-state index in [1.807, 2.05) is 0 Å². The van der Waals surface area contributed by atoms with Crippen molar-refractivity contribution in [2.45, 2.75) is 30.2 Å². The molecule has 0 amide bonds. The number of alkyl halides is 6. The molecule has 1 unspecified atom stereocenters. The van der Waals surface area contributed by atoms with Gasteiger partial charge < -0.3 is 9.47 Å². The summed E-state index contributed by atoms with van der Waals surface area (Å²) in [5.74, 6) is -3.64. The molecule has 5 nitrogen and oxygen atoms in total. The van der Waals surface area contributed by atoms with Crippen LogP contribution in [0.1, 0.15) is 6.92 Å². The molecule has 0 aromatic heterocycles. The minimum absolute atomic E-state index is 0.112. The normalized spacial score (nSPS) is 24.3. The fraction of sp³-hybridized carbons (Fsp3) is 0.714. The molecule has 14 heteroatoms. The molecule has 0 saturated carbocycles. The van der Waals surface area contributed by atoms with Crippen molar-refractivity contribution in [3.63, 3.8) is 0 Å². The van der Waals surface area contributed by atoms with Gasteiger partial charge in [-0.15, -0.1) is 0 Å².